The van der Waals surface area contributed by atoms with E-state index in [0.29, 0.717) is 23.7 Å². The first-order chi connectivity index (χ1) is 11.6. The lowest BCUT2D eigenvalue weighted by atomic mass is 9.63. The summed E-state index contributed by atoms with van der Waals surface area (Å²) in [5.41, 5.74) is 3.33. The lowest BCUT2D eigenvalue weighted by molar-refractivity contribution is -0.139. The van der Waals surface area contributed by atoms with E-state index in [1.165, 1.54) is 16.9 Å². The van der Waals surface area contributed by atoms with Gasteiger partial charge in [0.15, 0.2) is 0 Å². The number of anilines is 1. The molecular formula is C20H22N2O2. The van der Waals surface area contributed by atoms with Gasteiger partial charge in [0.05, 0.1) is 18.5 Å². The Hall–Kier alpha value is -2.10. The minimum absolute atomic E-state index is 0.0342. The topological polar surface area (TPSA) is 49.4 Å². The number of amides is 2. The smallest absolute Gasteiger partial charge is 0.235 e. The molecule has 124 valence electrons. The summed E-state index contributed by atoms with van der Waals surface area (Å²) in [6, 6.07) is 6.16. The van der Waals surface area contributed by atoms with Gasteiger partial charge in [0.25, 0.3) is 0 Å². The molecule has 1 aliphatic heterocycles. The SMILES string of the molecule is Cc1ccc(NCN2C(=O)[C@@H]3[C@H]4C=C[C@H]([C@H]5C[C@H]45)[C@@H]3C2=O)c(C)c1. The Labute approximate surface area is 141 Å². The quantitative estimate of drug-likeness (QED) is 0.688. The molecule has 6 atom stereocenters. The van der Waals surface area contributed by atoms with Crippen LogP contribution >= 0.6 is 0 Å². The van der Waals surface area contributed by atoms with E-state index in [1.807, 2.05) is 19.1 Å². The fourth-order valence-electron chi connectivity index (χ4n) is 5.35. The molecule has 2 saturated carbocycles. The number of hydrogen-bond acceptors (Lipinski definition) is 3. The Bertz CT molecular complexity index is 748. The second kappa shape index (κ2) is 4.71. The third-order valence-electron chi connectivity index (χ3n) is 6.56. The molecule has 4 heteroatoms. The number of benzene rings is 1. The zero-order valence-corrected chi connectivity index (χ0v) is 14.0. The second-order valence-corrected chi connectivity index (χ2v) is 7.91. The fourth-order valence-corrected chi connectivity index (χ4v) is 5.35. The molecule has 2 bridgehead atoms. The van der Waals surface area contributed by atoms with E-state index >= 15 is 0 Å². The predicted molar refractivity (Wildman–Crippen MR) is 91.0 cm³/mol. The van der Waals surface area contributed by atoms with Crippen molar-refractivity contribution in [3.8, 4) is 0 Å². The van der Waals surface area contributed by atoms with E-state index in [-0.39, 0.29) is 30.3 Å². The minimum Gasteiger partial charge on any atom is -0.367 e. The highest BCUT2D eigenvalue weighted by atomic mass is 16.2. The summed E-state index contributed by atoms with van der Waals surface area (Å²) in [5.74, 6) is 1.78. The van der Waals surface area contributed by atoms with Gasteiger partial charge < -0.3 is 5.32 Å². The average Bonchev–Trinajstić information content (AvgIpc) is 3.33. The van der Waals surface area contributed by atoms with Crippen molar-refractivity contribution >= 4 is 17.5 Å². The number of aryl methyl sites for hydroxylation is 2. The Morgan fingerprint density at radius 3 is 2.25 bits per heavy atom. The number of hydrogen-bond donors (Lipinski definition) is 1. The largest absolute Gasteiger partial charge is 0.367 e. The maximum absolute atomic E-state index is 12.9. The predicted octanol–water partition coefficient (Wildman–Crippen LogP) is 2.73. The van der Waals surface area contributed by atoms with Crippen LogP contribution in [0.15, 0.2) is 30.4 Å². The van der Waals surface area contributed by atoms with Crippen LogP contribution in [0.5, 0.6) is 0 Å². The molecule has 4 aliphatic carbocycles. The van der Waals surface area contributed by atoms with Crippen LogP contribution in [0, 0.1) is 49.4 Å². The number of nitrogens with one attached hydrogen (secondary N) is 1. The lowest BCUT2D eigenvalue weighted by Crippen LogP contribution is -2.40. The van der Waals surface area contributed by atoms with Gasteiger partial charge in [-0.05, 0) is 55.6 Å². The summed E-state index contributed by atoms with van der Waals surface area (Å²) in [6.45, 7) is 4.38. The van der Waals surface area contributed by atoms with Crippen LogP contribution in [0.1, 0.15) is 17.5 Å². The van der Waals surface area contributed by atoms with E-state index in [2.05, 4.69) is 30.5 Å². The Morgan fingerprint density at radius 2 is 1.67 bits per heavy atom. The van der Waals surface area contributed by atoms with Crippen LogP contribution < -0.4 is 5.32 Å². The molecular weight excluding hydrogens is 300 g/mol. The Balaban J connectivity index is 1.37. The number of nitrogens with zero attached hydrogens (tertiary/aromatic N) is 1. The molecule has 0 spiro atoms. The van der Waals surface area contributed by atoms with Crippen molar-refractivity contribution in [3.63, 3.8) is 0 Å². The van der Waals surface area contributed by atoms with Gasteiger partial charge in [-0.15, -0.1) is 0 Å². The van der Waals surface area contributed by atoms with E-state index in [1.54, 1.807) is 0 Å². The van der Waals surface area contributed by atoms with Crippen LogP contribution in [0.2, 0.25) is 0 Å². The van der Waals surface area contributed by atoms with Gasteiger partial charge in [0, 0.05) is 5.69 Å². The summed E-state index contributed by atoms with van der Waals surface area (Å²) in [4.78, 5) is 27.3. The molecule has 1 heterocycles. The van der Waals surface area contributed by atoms with Crippen LogP contribution in [0.4, 0.5) is 5.69 Å². The molecule has 0 aromatic heterocycles. The first-order valence-electron chi connectivity index (χ1n) is 8.91. The van der Waals surface area contributed by atoms with Gasteiger partial charge in [-0.2, -0.15) is 0 Å². The molecule has 0 unspecified atom stereocenters. The molecule has 5 aliphatic rings. The van der Waals surface area contributed by atoms with Gasteiger partial charge in [-0.25, -0.2) is 0 Å². The Morgan fingerprint density at radius 1 is 1.04 bits per heavy atom. The zero-order valence-electron chi connectivity index (χ0n) is 14.0. The van der Waals surface area contributed by atoms with E-state index < -0.39 is 0 Å². The highest BCUT2D eigenvalue weighted by Gasteiger charge is 2.66. The molecule has 3 fully saturated rings. The zero-order chi connectivity index (χ0) is 16.6. The van der Waals surface area contributed by atoms with Crippen molar-refractivity contribution in [3.05, 3.63) is 41.5 Å². The van der Waals surface area contributed by atoms with Gasteiger partial charge in [-0.1, -0.05) is 29.8 Å². The number of carbonyl (C=O) groups is 2. The van der Waals surface area contributed by atoms with Crippen molar-refractivity contribution in [2.75, 3.05) is 12.0 Å². The van der Waals surface area contributed by atoms with E-state index in [0.717, 1.165) is 11.3 Å². The summed E-state index contributed by atoms with van der Waals surface area (Å²) in [6.07, 6.45) is 5.63. The standard InChI is InChI=1S/C20H22N2O2/c1-10-3-6-16(11(2)7-10)21-9-22-19(23)17-12-4-5-13(15-8-14(12)15)18(17)20(22)24/h3-7,12-15,17-18,21H,8-9H2,1-2H3/t12-,13+,14-,15-,17+,18-/m1/s1. The molecule has 1 aromatic carbocycles. The first-order valence-corrected chi connectivity index (χ1v) is 8.91. The van der Waals surface area contributed by atoms with Gasteiger partial charge >= 0.3 is 0 Å². The molecule has 4 nitrogen and oxygen atoms in total. The number of likely N-dealkylation sites (tertiary alicyclic amines) is 1. The summed E-state index contributed by atoms with van der Waals surface area (Å²) in [5, 5.41) is 3.29. The Kier molecular flexibility index (Phi) is 2.80. The number of rotatable bonds is 3. The van der Waals surface area contributed by atoms with Crippen LogP contribution in [-0.2, 0) is 9.59 Å². The van der Waals surface area contributed by atoms with Crippen LogP contribution in [0.25, 0.3) is 0 Å². The fraction of sp³-hybridized carbons (Fsp3) is 0.500. The lowest BCUT2D eigenvalue weighted by Gasteiger charge is -2.37. The van der Waals surface area contributed by atoms with Crippen molar-refractivity contribution in [2.24, 2.45) is 35.5 Å². The molecule has 1 N–H and O–H groups in total. The van der Waals surface area contributed by atoms with Crippen molar-refractivity contribution in [2.45, 2.75) is 20.3 Å². The molecule has 2 amide bonds. The van der Waals surface area contributed by atoms with E-state index in [4.69, 9.17) is 0 Å². The minimum atomic E-state index is -0.0998. The molecule has 6 rings (SSSR count). The van der Waals surface area contributed by atoms with Crippen LogP contribution in [0.3, 0.4) is 0 Å². The third kappa shape index (κ3) is 1.80. The number of allylic oxidation sites excluding steroid dienone is 2. The van der Waals surface area contributed by atoms with Gasteiger partial charge in [0.1, 0.15) is 0 Å². The first kappa shape index (κ1) is 14.3. The molecule has 1 saturated heterocycles. The summed E-state index contributed by atoms with van der Waals surface area (Å²) >= 11 is 0. The summed E-state index contributed by atoms with van der Waals surface area (Å²) < 4.78 is 0. The maximum atomic E-state index is 12.9. The van der Waals surface area contributed by atoms with Gasteiger partial charge in [-0.3, -0.25) is 14.5 Å². The number of carbonyl (C=O) groups excluding carboxylic acids is 2. The van der Waals surface area contributed by atoms with Crippen molar-refractivity contribution in [1.29, 1.82) is 0 Å². The molecule has 1 aromatic rings. The highest BCUT2D eigenvalue weighted by Crippen LogP contribution is 2.65. The van der Waals surface area contributed by atoms with Crippen molar-refractivity contribution in [1.82, 2.24) is 4.90 Å². The molecule has 24 heavy (non-hydrogen) atoms. The third-order valence-corrected chi connectivity index (χ3v) is 6.56. The number of imide groups is 1. The monoisotopic (exact) mass is 322 g/mol. The van der Waals surface area contributed by atoms with E-state index in [9.17, 15) is 9.59 Å². The van der Waals surface area contributed by atoms with Crippen LogP contribution in [-0.4, -0.2) is 23.4 Å². The highest BCUT2D eigenvalue weighted by molar-refractivity contribution is 6.06. The summed E-state index contributed by atoms with van der Waals surface area (Å²) in [7, 11) is 0. The maximum Gasteiger partial charge on any atom is 0.235 e. The normalized spacial score (nSPS) is 38.3. The van der Waals surface area contributed by atoms with Gasteiger partial charge in [0.2, 0.25) is 11.8 Å². The molecule has 0 radical (unpaired) electrons. The second-order valence-electron chi connectivity index (χ2n) is 7.91. The average molecular weight is 322 g/mol. The van der Waals surface area contributed by atoms with Crippen molar-refractivity contribution < 1.29 is 9.59 Å².